The summed E-state index contributed by atoms with van der Waals surface area (Å²) in [5.41, 5.74) is 0.603. The SMILES string of the molecule is COc1ccc(S(=O)(=O)NC[C@H](OCCO)c2cccs2)c(C)c1. The first-order valence-corrected chi connectivity index (χ1v) is 9.74. The maximum atomic E-state index is 12.5. The number of benzene rings is 1. The van der Waals surface area contributed by atoms with Gasteiger partial charge in [-0.1, -0.05) is 6.07 Å². The van der Waals surface area contributed by atoms with Gasteiger partial charge >= 0.3 is 0 Å². The minimum absolute atomic E-state index is 0.0916. The average molecular weight is 371 g/mol. The second-order valence-corrected chi connectivity index (χ2v) is 7.80. The molecule has 2 aromatic rings. The summed E-state index contributed by atoms with van der Waals surface area (Å²) in [6.45, 7) is 1.84. The van der Waals surface area contributed by atoms with Crippen LogP contribution in [0.4, 0.5) is 0 Å². The zero-order chi connectivity index (χ0) is 17.6. The highest BCUT2D eigenvalue weighted by molar-refractivity contribution is 7.89. The summed E-state index contributed by atoms with van der Waals surface area (Å²) in [6, 6.07) is 8.55. The molecule has 0 amide bonds. The summed E-state index contributed by atoms with van der Waals surface area (Å²) in [5, 5.41) is 10.8. The molecule has 0 aliphatic heterocycles. The van der Waals surface area contributed by atoms with E-state index in [9.17, 15) is 8.42 Å². The van der Waals surface area contributed by atoms with Gasteiger partial charge in [0.15, 0.2) is 0 Å². The number of hydrogen-bond acceptors (Lipinski definition) is 6. The molecule has 2 rings (SSSR count). The lowest BCUT2D eigenvalue weighted by Crippen LogP contribution is -2.30. The van der Waals surface area contributed by atoms with E-state index in [4.69, 9.17) is 14.6 Å². The number of hydrogen-bond donors (Lipinski definition) is 2. The Labute approximate surface area is 146 Å². The first kappa shape index (κ1) is 18.9. The number of aliphatic hydroxyl groups excluding tert-OH is 1. The molecule has 0 radical (unpaired) electrons. The molecule has 1 aromatic carbocycles. The van der Waals surface area contributed by atoms with Gasteiger partial charge in [0.1, 0.15) is 11.9 Å². The lowest BCUT2D eigenvalue weighted by molar-refractivity contribution is 0.0328. The molecule has 0 saturated carbocycles. The standard InChI is InChI=1S/C16H21NO5S2/c1-12-10-13(21-2)5-6-16(12)24(19,20)17-11-14(22-8-7-18)15-4-3-9-23-15/h3-6,9-10,14,17-18H,7-8,11H2,1-2H3/t14-/m0/s1. The number of ether oxygens (including phenoxy) is 2. The zero-order valence-electron chi connectivity index (χ0n) is 13.6. The minimum Gasteiger partial charge on any atom is -0.497 e. The van der Waals surface area contributed by atoms with Gasteiger partial charge in [-0.15, -0.1) is 11.3 Å². The van der Waals surface area contributed by atoms with E-state index in [1.165, 1.54) is 24.5 Å². The predicted octanol–water partition coefficient (Wildman–Crippen LogP) is 2.09. The lowest BCUT2D eigenvalue weighted by Gasteiger charge is -2.17. The third-order valence-electron chi connectivity index (χ3n) is 3.40. The van der Waals surface area contributed by atoms with Gasteiger partial charge in [0.2, 0.25) is 10.0 Å². The van der Waals surface area contributed by atoms with E-state index in [0.717, 1.165) is 4.88 Å². The fourth-order valence-electron chi connectivity index (χ4n) is 2.22. The molecular weight excluding hydrogens is 350 g/mol. The molecule has 1 atom stereocenters. The van der Waals surface area contributed by atoms with Crippen LogP contribution in [0.1, 0.15) is 16.5 Å². The van der Waals surface area contributed by atoms with E-state index >= 15 is 0 Å². The van der Waals surface area contributed by atoms with E-state index in [1.807, 2.05) is 17.5 Å². The van der Waals surface area contributed by atoms with Crippen molar-refractivity contribution < 1.29 is 23.0 Å². The number of nitrogens with one attached hydrogen (secondary N) is 1. The molecule has 0 bridgehead atoms. The first-order valence-electron chi connectivity index (χ1n) is 7.38. The maximum absolute atomic E-state index is 12.5. The van der Waals surface area contributed by atoms with Crippen LogP contribution < -0.4 is 9.46 Å². The Morgan fingerprint density at radius 1 is 1.33 bits per heavy atom. The molecule has 8 heteroatoms. The summed E-state index contributed by atoms with van der Waals surface area (Å²) in [6.07, 6.45) is -0.439. The Morgan fingerprint density at radius 3 is 2.71 bits per heavy atom. The van der Waals surface area contributed by atoms with Crippen LogP contribution in [0.5, 0.6) is 5.75 Å². The third kappa shape index (κ3) is 4.78. The average Bonchev–Trinajstić information content (AvgIpc) is 3.08. The molecule has 132 valence electrons. The second kappa shape index (κ2) is 8.59. The molecule has 1 heterocycles. The van der Waals surface area contributed by atoms with Gasteiger partial charge in [-0.2, -0.15) is 0 Å². The molecule has 0 spiro atoms. The molecule has 0 fully saturated rings. The van der Waals surface area contributed by atoms with Crippen LogP contribution in [-0.4, -0.2) is 40.4 Å². The van der Waals surface area contributed by atoms with Crippen LogP contribution in [0.25, 0.3) is 0 Å². The van der Waals surface area contributed by atoms with Crippen LogP contribution >= 0.6 is 11.3 Å². The van der Waals surface area contributed by atoms with Gasteiger partial charge in [-0.05, 0) is 42.1 Å². The molecule has 0 saturated heterocycles. The van der Waals surface area contributed by atoms with Crippen molar-refractivity contribution in [1.82, 2.24) is 4.72 Å². The number of aryl methyl sites for hydroxylation is 1. The third-order valence-corrected chi connectivity index (χ3v) is 5.95. The normalized spacial score (nSPS) is 13.0. The number of aliphatic hydroxyl groups is 1. The van der Waals surface area contributed by atoms with Crippen LogP contribution in [0, 0.1) is 6.92 Å². The smallest absolute Gasteiger partial charge is 0.240 e. The largest absolute Gasteiger partial charge is 0.497 e. The van der Waals surface area contributed by atoms with Crippen molar-refractivity contribution in [3.63, 3.8) is 0 Å². The van der Waals surface area contributed by atoms with Crippen LogP contribution in [-0.2, 0) is 14.8 Å². The molecule has 24 heavy (non-hydrogen) atoms. The molecular formula is C16H21NO5S2. The minimum atomic E-state index is -3.67. The van der Waals surface area contributed by atoms with Gasteiger partial charge in [0.05, 0.1) is 25.2 Å². The number of rotatable bonds is 9. The summed E-state index contributed by atoms with van der Waals surface area (Å²) >= 11 is 1.48. The Bertz CT molecular complexity index is 744. The van der Waals surface area contributed by atoms with Crippen LogP contribution in [0.3, 0.4) is 0 Å². The van der Waals surface area contributed by atoms with Gasteiger partial charge in [-0.25, -0.2) is 13.1 Å². The van der Waals surface area contributed by atoms with E-state index < -0.39 is 16.1 Å². The highest BCUT2D eigenvalue weighted by atomic mass is 32.2. The van der Waals surface area contributed by atoms with E-state index in [1.54, 1.807) is 19.1 Å². The van der Waals surface area contributed by atoms with Crippen LogP contribution in [0.15, 0.2) is 40.6 Å². The van der Waals surface area contributed by atoms with Crippen molar-refractivity contribution in [3.05, 3.63) is 46.2 Å². The quantitative estimate of drug-likeness (QED) is 0.705. The fourth-order valence-corrected chi connectivity index (χ4v) is 4.26. The van der Waals surface area contributed by atoms with Gasteiger partial charge in [0, 0.05) is 11.4 Å². The number of methoxy groups -OCH3 is 1. The van der Waals surface area contributed by atoms with Gasteiger partial charge in [0.25, 0.3) is 0 Å². The topological polar surface area (TPSA) is 84.9 Å². The molecule has 6 nitrogen and oxygen atoms in total. The van der Waals surface area contributed by atoms with Crippen LogP contribution in [0.2, 0.25) is 0 Å². The van der Waals surface area contributed by atoms with E-state index in [-0.39, 0.29) is 24.7 Å². The van der Waals surface area contributed by atoms with Crippen molar-refractivity contribution in [3.8, 4) is 5.75 Å². The molecule has 0 unspecified atom stereocenters. The number of sulfonamides is 1. The summed E-state index contributed by atoms with van der Waals surface area (Å²) in [5.74, 6) is 0.606. The maximum Gasteiger partial charge on any atom is 0.240 e. The zero-order valence-corrected chi connectivity index (χ0v) is 15.2. The Morgan fingerprint density at radius 2 is 2.12 bits per heavy atom. The second-order valence-electron chi connectivity index (χ2n) is 5.08. The van der Waals surface area contributed by atoms with Gasteiger partial charge < -0.3 is 14.6 Å². The van der Waals surface area contributed by atoms with Crippen molar-refractivity contribution in [2.75, 3.05) is 26.9 Å². The summed E-state index contributed by atoms with van der Waals surface area (Å²) in [4.78, 5) is 1.10. The Kier molecular flexibility index (Phi) is 6.76. The van der Waals surface area contributed by atoms with Crippen molar-refractivity contribution in [2.45, 2.75) is 17.9 Å². The molecule has 0 aliphatic carbocycles. The summed E-state index contributed by atoms with van der Waals surface area (Å²) in [7, 11) is -2.14. The highest BCUT2D eigenvalue weighted by Crippen LogP contribution is 2.24. The molecule has 2 N–H and O–H groups in total. The number of thiophene rings is 1. The highest BCUT2D eigenvalue weighted by Gasteiger charge is 2.21. The van der Waals surface area contributed by atoms with E-state index in [2.05, 4.69) is 4.72 Å². The fraction of sp³-hybridized carbons (Fsp3) is 0.375. The van der Waals surface area contributed by atoms with E-state index in [0.29, 0.717) is 11.3 Å². The van der Waals surface area contributed by atoms with Crippen molar-refractivity contribution >= 4 is 21.4 Å². The molecule has 1 aromatic heterocycles. The molecule has 0 aliphatic rings. The Hall–Kier alpha value is -1.45. The summed E-state index contributed by atoms with van der Waals surface area (Å²) < 4.78 is 38.3. The van der Waals surface area contributed by atoms with Crippen molar-refractivity contribution in [1.29, 1.82) is 0 Å². The van der Waals surface area contributed by atoms with Crippen molar-refractivity contribution in [2.24, 2.45) is 0 Å². The predicted molar refractivity (Wildman–Crippen MR) is 93.0 cm³/mol. The lowest BCUT2D eigenvalue weighted by atomic mass is 10.2. The Balaban J connectivity index is 2.12. The monoisotopic (exact) mass is 371 g/mol. The van der Waals surface area contributed by atoms with Gasteiger partial charge in [-0.3, -0.25) is 0 Å². The first-order chi connectivity index (χ1) is 11.5.